The number of aryl methyl sites for hydroxylation is 1. The maximum absolute atomic E-state index is 12.4. The normalized spacial score (nSPS) is 15.6. The Balaban J connectivity index is 1.94. The molecule has 0 unspecified atom stereocenters. The Morgan fingerprint density at radius 3 is 2.57 bits per heavy atom. The van der Waals surface area contributed by atoms with Crippen LogP contribution in [0.1, 0.15) is 79.2 Å². The van der Waals surface area contributed by atoms with Crippen LogP contribution in [0.2, 0.25) is 0 Å². The number of carboxylic acids is 1. The lowest BCUT2D eigenvalue weighted by atomic mass is 9.95. The predicted octanol–water partition coefficient (Wildman–Crippen LogP) is 3.59. The van der Waals surface area contributed by atoms with E-state index >= 15 is 0 Å². The molecule has 1 aliphatic rings. The third-order valence-corrected chi connectivity index (χ3v) is 4.77. The van der Waals surface area contributed by atoms with Crippen molar-refractivity contribution in [3.8, 4) is 0 Å². The standard InChI is InChI=1S/C18H28N2O3/c1-13-12-16(18(23)19-11-7-6-10-17(21)22)14(2)20(13)15-8-4-3-5-9-15/h12,15H,3-11H2,1-2H3,(H,19,23)(H,21,22). The Kier molecular flexibility index (Phi) is 6.25. The topological polar surface area (TPSA) is 71.3 Å². The fourth-order valence-corrected chi connectivity index (χ4v) is 3.61. The Hall–Kier alpha value is -1.78. The van der Waals surface area contributed by atoms with Crippen molar-refractivity contribution in [3.05, 3.63) is 23.0 Å². The number of carbonyl (C=O) groups excluding carboxylic acids is 1. The molecule has 1 aromatic heterocycles. The van der Waals surface area contributed by atoms with Gasteiger partial charge in [-0.1, -0.05) is 19.3 Å². The summed E-state index contributed by atoms with van der Waals surface area (Å²) in [7, 11) is 0. The van der Waals surface area contributed by atoms with Gasteiger partial charge in [-0.05, 0) is 45.6 Å². The summed E-state index contributed by atoms with van der Waals surface area (Å²) >= 11 is 0. The summed E-state index contributed by atoms with van der Waals surface area (Å²) in [6, 6.07) is 2.51. The quantitative estimate of drug-likeness (QED) is 0.754. The van der Waals surface area contributed by atoms with Crippen LogP contribution in [0, 0.1) is 13.8 Å². The highest BCUT2D eigenvalue weighted by molar-refractivity contribution is 5.95. The van der Waals surface area contributed by atoms with Crippen LogP contribution in [-0.4, -0.2) is 28.1 Å². The molecule has 1 saturated carbocycles. The Morgan fingerprint density at radius 2 is 1.91 bits per heavy atom. The van der Waals surface area contributed by atoms with Crippen molar-refractivity contribution in [2.45, 2.75) is 71.3 Å². The summed E-state index contributed by atoms with van der Waals surface area (Å²) in [5.74, 6) is -0.831. The molecule has 0 aromatic carbocycles. The van der Waals surface area contributed by atoms with E-state index < -0.39 is 5.97 Å². The minimum Gasteiger partial charge on any atom is -0.481 e. The van der Waals surface area contributed by atoms with Crippen molar-refractivity contribution in [2.24, 2.45) is 0 Å². The first-order chi connectivity index (χ1) is 11.0. The number of nitrogens with one attached hydrogen (secondary N) is 1. The molecule has 2 rings (SSSR count). The maximum Gasteiger partial charge on any atom is 0.303 e. The first kappa shape index (κ1) is 17.6. The fraction of sp³-hybridized carbons (Fsp3) is 0.667. The van der Waals surface area contributed by atoms with Crippen molar-refractivity contribution in [3.63, 3.8) is 0 Å². The average Bonchev–Trinajstić information content (AvgIpc) is 2.82. The molecule has 128 valence electrons. The van der Waals surface area contributed by atoms with Crippen LogP contribution in [0.5, 0.6) is 0 Å². The van der Waals surface area contributed by atoms with Gasteiger partial charge in [0.25, 0.3) is 5.91 Å². The van der Waals surface area contributed by atoms with Gasteiger partial charge in [0.05, 0.1) is 5.56 Å². The van der Waals surface area contributed by atoms with E-state index in [-0.39, 0.29) is 12.3 Å². The number of aliphatic carboxylic acids is 1. The molecule has 0 radical (unpaired) electrons. The summed E-state index contributed by atoms with van der Waals surface area (Å²) in [6.45, 7) is 4.63. The predicted molar refractivity (Wildman–Crippen MR) is 89.8 cm³/mol. The fourth-order valence-electron chi connectivity index (χ4n) is 3.61. The van der Waals surface area contributed by atoms with Crippen molar-refractivity contribution < 1.29 is 14.7 Å². The summed E-state index contributed by atoms with van der Waals surface area (Å²) in [4.78, 5) is 22.8. The van der Waals surface area contributed by atoms with Gasteiger partial charge in [0.2, 0.25) is 0 Å². The highest BCUT2D eigenvalue weighted by Crippen LogP contribution is 2.32. The van der Waals surface area contributed by atoms with Crippen LogP contribution in [-0.2, 0) is 4.79 Å². The highest BCUT2D eigenvalue weighted by atomic mass is 16.4. The molecule has 1 aromatic rings. The number of aromatic nitrogens is 1. The molecular weight excluding hydrogens is 292 g/mol. The van der Waals surface area contributed by atoms with E-state index in [2.05, 4.69) is 16.8 Å². The molecular formula is C18H28N2O3. The van der Waals surface area contributed by atoms with Gasteiger partial charge in [0.15, 0.2) is 0 Å². The average molecular weight is 320 g/mol. The molecule has 0 saturated heterocycles. The number of carbonyl (C=O) groups is 2. The van der Waals surface area contributed by atoms with Gasteiger partial charge in [0.1, 0.15) is 0 Å². The molecule has 1 amide bonds. The summed E-state index contributed by atoms with van der Waals surface area (Å²) in [6.07, 6.45) is 7.71. The SMILES string of the molecule is Cc1cc(C(=O)NCCCCC(=O)O)c(C)n1C1CCCCC1. The molecule has 0 atom stereocenters. The van der Waals surface area contributed by atoms with Crippen LogP contribution in [0.25, 0.3) is 0 Å². The second-order valence-electron chi connectivity index (χ2n) is 6.55. The molecule has 5 heteroatoms. The van der Waals surface area contributed by atoms with E-state index in [9.17, 15) is 9.59 Å². The Bertz CT molecular complexity index is 557. The number of hydrogen-bond donors (Lipinski definition) is 2. The lowest BCUT2D eigenvalue weighted by Gasteiger charge is -2.26. The number of amides is 1. The first-order valence-corrected chi connectivity index (χ1v) is 8.69. The van der Waals surface area contributed by atoms with Crippen LogP contribution < -0.4 is 5.32 Å². The molecule has 23 heavy (non-hydrogen) atoms. The van der Waals surface area contributed by atoms with E-state index in [1.807, 2.05) is 13.0 Å². The summed E-state index contributed by atoms with van der Waals surface area (Å²) < 4.78 is 2.33. The minimum atomic E-state index is -0.785. The van der Waals surface area contributed by atoms with Crippen LogP contribution >= 0.6 is 0 Å². The highest BCUT2D eigenvalue weighted by Gasteiger charge is 2.22. The van der Waals surface area contributed by atoms with Gasteiger partial charge >= 0.3 is 5.97 Å². The number of carboxylic acid groups (broad SMARTS) is 1. The number of nitrogens with zero attached hydrogens (tertiary/aromatic N) is 1. The second-order valence-corrected chi connectivity index (χ2v) is 6.55. The number of unbranched alkanes of at least 4 members (excludes halogenated alkanes) is 1. The molecule has 5 nitrogen and oxygen atoms in total. The monoisotopic (exact) mass is 320 g/mol. The van der Waals surface area contributed by atoms with Crippen LogP contribution in [0.4, 0.5) is 0 Å². The smallest absolute Gasteiger partial charge is 0.303 e. The summed E-state index contributed by atoms with van der Waals surface area (Å²) in [5.41, 5.74) is 2.97. The van der Waals surface area contributed by atoms with Crippen LogP contribution in [0.15, 0.2) is 6.07 Å². The first-order valence-electron chi connectivity index (χ1n) is 8.69. The van der Waals surface area contributed by atoms with Crippen molar-refractivity contribution in [1.29, 1.82) is 0 Å². The van der Waals surface area contributed by atoms with Crippen molar-refractivity contribution in [2.75, 3.05) is 6.54 Å². The summed E-state index contributed by atoms with van der Waals surface area (Å²) in [5, 5.41) is 11.5. The zero-order chi connectivity index (χ0) is 16.8. The van der Waals surface area contributed by atoms with Gasteiger partial charge in [-0.2, -0.15) is 0 Å². The molecule has 0 spiro atoms. The van der Waals surface area contributed by atoms with E-state index in [1.54, 1.807) is 0 Å². The van der Waals surface area contributed by atoms with Crippen LogP contribution in [0.3, 0.4) is 0 Å². The van der Waals surface area contributed by atoms with Gasteiger partial charge in [-0.15, -0.1) is 0 Å². The minimum absolute atomic E-state index is 0.0458. The van der Waals surface area contributed by atoms with Crippen molar-refractivity contribution >= 4 is 11.9 Å². The van der Waals surface area contributed by atoms with E-state index in [1.165, 1.54) is 32.1 Å². The van der Waals surface area contributed by atoms with E-state index in [0.717, 1.165) is 17.0 Å². The van der Waals surface area contributed by atoms with Gasteiger partial charge in [0, 0.05) is 30.4 Å². The van der Waals surface area contributed by atoms with Gasteiger partial charge in [-0.3, -0.25) is 9.59 Å². The molecule has 1 fully saturated rings. The molecule has 0 bridgehead atoms. The second kappa shape index (κ2) is 8.18. The van der Waals surface area contributed by atoms with Gasteiger partial charge in [-0.25, -0.2) is 0 Å². The molecule has 1 aliphatic carbocycles. The van der Waals surface area contributed by atoms with E-state index in [4.69, 9.17) is 5.11 Å². The third kappa shape index (κ3) is 4.60. The zero-order valence-corrected chi connectivity index (χ0v) is 14.2. The van der Waals surface area contributed by atoms with Crippen molar-refractivity contribution in [1.82, 2.24) is 9.88 Å². The maximum atomic E-state index is 12.4. The molecule has 1 heterocycles. The third-order valence-electron chi connectivity index (χ3n) is 4.77. The van der Waals surface area contributed by atoms with Gasteiger partial charge < -0.3 is 15.0 Å². The lowest BCUT2D eigenvalue weighted by Crippen LogP contribution is -2.25. The zero-order valence-electron chi connectivity index (χ0n) is 14.2. The Labute approximate surface area is 138 Å². The molecule has 2 N–H and O–H groups in total. The molecule has 0 aliphatic heterocycles. The number of rotatable bonds is 7. The largest absolute Gasteiger partial charge is 0.481 e. The Morgan fingerprint density at radius 1 is 1.22 bits per heavy atom. The number of hydrogen-bond acceptors (Lipinski definition) is 2. The lowest BCUT2D eigenvalue weighted by molar-refractivity contribution is -0.137. The van der Waals surface area contributed by atoms with E-state index in [0.29, 0.717) is 25.4 Å².